The summed E-state index contributed by atoms with van der Waals surface area (Å²) in [5.41, 5.74) is 5.03. The molecule has 3 aromatic carbocycles. The molecule has 6 rings (SSSR count). The van der Waals surface area contributed by atoms with Crippen LogP contribution in [0.3, 0.4) is 0 Å². The fraction of sp³-hybridized carbons (Fsp3) is 0.371. The molecule has 0 radical (unpaired) electrons. The molecule has 0 N–H and O–H groups in total. The molecule has 2 saturated heterocycles. The molecule has 0 spiro atoms. The third-order valence-corrected chi connectivity index (χ3v) is 8.80. The van der Waals surface area contributed by atoms with E-state index in [1.165, 1.54) is 11.3 Å². The topological polar surface area (TPSA) is 73.0 Å². The average molecular weight is 563 g/mol. The summed E-state index contributed by atoms with van der Waals surface area (Å²) in [6.07, 6.45) is 3.88. The summed E-state index contributed by atoms with van der Waals surface area (Å²) in [4.78, 5) is 20.0. The van der Waals surface area contributed by atoms with Gasteiger partial charge in [-0.15, -0.1) is 0 Å². The summed E-state index contributed by atoms with van der Waals surface area (Å²) >= 11 is 0. The molecule has 4 aromatic rings. The first kappa shape index (κ1) is 27.9. The van der Waals surface area contributed by atoms with E-state index in [-0.39, 0.29) is 18.1 Å². The smallest absolute Gasteiger partial charge is 0.289 e. The number of carbonyl (C=O) groups excluding carboxylic acids is 1. The van der Waals surface area contributed by atoms with E-state index in [9.17, 15) is 10.1 Å². The quantitative estimate of drug-likeness (QED) is 0.260. The minimum absolute atomic E-state index is 0.0922. The number of rotatable bonds is 7. The van der Waals surface area contributed by atoms with Crippen LogP contribution in [-0.4, -0.2) is 61.1 Å². The Bertz CT molecular complexity index is 1570. The Labute approximate surface area is 247 Å². The largest absolute Gasteiger partial charge is 0.490 e. The summed E-state index contributed by atoms with van der Waals surface area (Å²) in [6.45, 7) is 6.58. The van der Waals surface area contributed by atoms with Gasteiger partial charge in [-0.1, -0.05) is 35.9 Å². The molecule has 0 bridgehead atoms. The molecule has 1 aromatic heterocycles. The van der Waals surface area contributed by atoms with Crippen molar-refractivity contribution in [2.75, 3.05) is 38.1 Å². The predicted molar refractivity (Wildman–Crippen MR) is 165 cm³/mol. The molecule has 0 aliphatic carbocycles. The van der Waals surface area contributed by atoms with Crippen molar-refractivity contribution in [2.45, 2.75) is 51.3 Å². The number of carbonyl (C=O) groups is 1. The van der Waals surface area contributed by atoms with Crippen LogP contribution in [0, 0.1) is 18.3 Å². The lowest BCUT2D eigenvalue weighted by molar-refractivity contribution is 0.0608. The molecule has 3 heterocycles. The summed E-state index contributed by atoms with van der Waals surface area (Å²) in [6, 6.07) is 26.6. The van der Waals surface area contributed by atoms with Gasteiger partial charge < -0.3 is 19.0 Å². The van der Waals surface area contributed by atoms with Crippen LogP contribution in [0.25, 0.3) is 11.0 Å². The van der Waals surface area contributed by atoms with Crippen molar-refractivity contribution in [2.24, 2.45) is 0 Å². The van der Waals surface area contributed by atoms with E-state index in [4.69, 9.17) is 9.15 Å². The number of aryl methyl sites for hydroxylation is 1. The number of fused-ring (bicyclic) bond motifs is 1. The number of nitriles is 1. The first-order valence-electron chi connectivity index (χ1n) is 15.0. The molecule has 0 saturated carbocycles. The van der Waals surface area contributed by atoms with Gasteiger partial charge in [0.25, 0.3) is 5.91 Å². The second-order valence-electron chi connectivity index (χ2n) is 11.6. The number of ether oxygens (including phenoxy) is 1. The second kappa shape index (κ2) is 12.3. The lowest BCUT2D eigenvalue weighted by Crippen LogP contribution is -2.45. The monoisotopic (exact) mass is 562 g/mol. The number of anilines is 1. The zero-order valence-electron chi connectivity index (χ0n) is 24.5. The van der Waals surface area contributed by atoms with Gasteiger partial charge in [0.1, 0.15) is 17.4 Å². The Morgan fingerprint density at radius 3 is 2.45 bits per heavy atom. The van der Waals surface area contributed by atoms with Crippen LogP contribution in [0.4, 0.5) is 5.69 Å². The number of piperidine rings is 2. The van der Waals surface area contributed by atoms with E-state index in [2.05, 4.69) is 47.1 Å². The Morgan fingerprint density at radius 1 is 0.976 bits per heavy atom. The van der Waals surface area contributed by atoms with Gasteiger partial charge in [-0.3, -0.25) is 9.69 Å². The molecule has 42 heavy (non-hydrogen) atoms. The molecule has 2 aliphatic heterocycles. The van der Waals surface area contributed by atoms with Gasteiger partial charge in [0, 0.05) is 69.7 Å². The summed E-state index contributed by atoms with van der Waals surface area (Å²) in [5.74, 6) is 1.08. The molecular formula is C35H38N4O3. The standard InChI is InChI=1S/C35H38N4O3/c1-25-7-9-30(10-8-25)39-19-15-31(16-20-39)41-32-11-12-33-28(21-32)22-34(42-33)35(40)37(2)29-13-17-38(18-14-29)24-27-6-4-3-5-26(27)23-36/h3-12,21-22,29,31H,13-20,24H2,1-2H3. The molecule has 2 fully saturated rings. The van der Waals surface area contributed by atoms with E-state index in [1.54, 1.807) is 0 Å². The molecular weight excluding hydrogens is 524 g/mol. The Morgan fingerprint density at radius 2 is 1.71 bits per heavy atom. The molecule has 7 heteroatoms. The molecule has 0 atom stereocenters. The highest BCUT2D eigenvalue weighted by Gasteiger charge is 2.28. The molecule has 2 aliphatic rings. The van der Waals surface area contributed by atoms with Crippen LogP contribution in [0.2, 0.25) is 0 Å². The van der Waals surface area contributed by atoms with Crippen molar-refractivity contribution >= 4 is 22.6 Å². The Balaban J connectivity index is 1.02. The van der Waals surface area contributed by atoms with Crippen LogP contribution < -0.4 is 9.64 Å². The number of hydrogen-bond donors (Lipinski definition) is 0. The predicted octanol–water partition coefficient (Wildman–Crippen LogP) is 6.40. The molecule has 0 unspecified atom stereocenters. The average Bonchev–Trinajstić information content (AvgIpc) is 3.45. The van der Waals surface area contributed by atoms with Gasteiger partial charge >= 0.3 is 0 Å². The molecule has 216 valence electrons. The number of nitrogens with zero attached hydrogens (tertiary/aromatic N) is 4. The van der Waals surface area contributed by atoms with Crippen molar-refractivity contribution in [1.29, 1.82) is 5.26 Å². The van der Waals surface area contributed by atoms with Gasteiger partial charge in [-0.2, -0.15) is 5.26 Å². The second-order valence-corrected chi connectivity index (χ2v) is 11.6. The highest BCUT2D eigenvalue weighted by Crippen LogP contribution is 2.29. The van der Waals surface area contributed by atoms with E-state index in [1.807, 2.05) is 60.5 Å². The van der Waals surface area contributed by atoms with Crippen LogP contribution >= 0.6 is 0 Å². The third-order valence-electron chi connectivity index (χ3n) is 8.80. The van der Waals surface area contributed by atoms with Gasteiger partial charge in [0.05, 0.1) is 11.6 Å². The van der Waals surface area contributed by atoms with Crippen LogP contribution in [0.5, 0.6) is 5.75 Å². The van der Waals surface area contributed by atoms with E-state index in [0.29, 0.717) is 11.3 Å². The van der Waals surface area contributed by atoms with Crippen molar-refractivity contribution in [3.63, 3.8) is 0 Å². The summed E-state index contributed by atoms with van der Waals surface area (Å²) in [5, 5.41) is 10.3. The highest BCUT2D eigenvalue weighted by molar-refractivity contribution is 5.96. The Kier molecular flexibility index (Phi) is 8.16. The van der Waals surface area contributed by atoms with Crippen LogP contribution in [0.1, 0.15) is 52.9 Å². The fourth-order valence-electron chi connectivity index (χ4n) is 6.19. The first-order valence-corrected chi connectivity index (χ1v) is 15.0. The van der Waals surface area contributed by atoms with Gasteiger partial charge in [0.2, 0.25) is 0 Å². The van der Waals surface area contributed by atoms with E-state index in [0.717, 1.165) is 80.7 Å². The van der Waals surface area contributed by atoms with E-state index < -0.39 is 0 Å². The maximum atomic E-state index is 13.4. The zero-order valence-corrected chi connectivity index (χ0v) is 24.5. The third kappa shape index (κ3) is 6.14. The van der Waals surface area contributed by atoms with Crippen molar-refractivity contribution < 1.29 is 13.9 Å². The van der Waals surface area contributed by atoms with Crippen molar-refractivity contribution in [3.8, 4) is 11.8 Å². The van der Waals surface area contributed by atoms with Crippen molar-refractivity contribution in [1.82, 2.24) is 9.80 Å². The number of hydrogen-bond acceptors (Lipinski definition) is 6. The normalized spacial score (nSPS) is 16.8. The maximum absolute atomic E-state index is 13.4. The maximum Gasteiger partial charge on any atom is 0.289 e. The lowest BCUT2D eigenvalue weighted by Gasteiger charge is -2.36. The lowest BCUT2D eigenvalue weighted by atomic mass is 10.0. The summed E-state index contributed by atoms with van der Waals surface area (Å²) < 4.78 is 12.3. The van der Waals surface area contributed by atoms with Crippen LogP contribution in [-0.2, 0) is 6.54 Å². The Hall–Kier alpha value is -4.28. The number of benzene rings is 3. The van der Waals surface area contributed by atoms with Gasteiger partial charge in [-0.25, -0.2) is 0 Å². The zero-order chi connectivity index (χ0) is 29.1. The number of likely N-dealkylation sites (tertiary alicyclic amines) is 1. The minimum atomic E-state index is -0.0922. The number of furan rings is 1. The van der Waals surface area contributed by atoms with Crippen molar-refractivity contribution in [3.05, 3.63) is 95.2 Å². The molecule has 1 amide bonds. The van der Waals surface area contributed by atoms with Gasteiger partial charge in [-0.05, 0) is 67.8 Å². The van der Waals surface area contributed by atoms with Gasteiger partial charge in [0.15, 0.2) is 5.76 Å². The minimum Gasteiger partial charge on any atom is -0.490 e. The van der Waals surface area contributed by atoms with E-state index >= 15 is 0 Å². The summed E-state index contributed by atoms with van der Waals surface area (Å²) in [7, 11) is 1.87. The fourth-order valence-corrected chi connectivity index (χ4v) is 6.19. The SMILES string of the molecule is Cc1ccc(N2CCC(Oc3ccc4oc(C(=O)N(C)C5CCN(Cc6ccccc6C#N)CC5)cc4c3)CC2)cc1. The molecule has 7 nitrogen and oxygen atoms in total. The first-order chi connectivity index (χ1) is 20.5. The number of amides is 1. The highest BCUT2D eigenvalue weighted by atomic mass is 16.5. The van der Waals surface area contributed by atoms with Crippen LogP contribution in [0.15, 0.2) is 77.2 Å².